The number of hydrogen-bond acceptors (Lipinski definition) is 2. The molecule has 2 rings (SSSR count). The van der Waals surface area contributed by atoms with Crippen LogP contribution in [0.25, 0.3) is 0 Å². The third kappa shape index (κ3) is 3.27. The van der Waals surface area contributed by atoms with Crippen molar-refractivity contribution in [2.45, 2.75) is 83.8 Å². The number of likely N-dealkylation sites (tertiary alicyclic amines) is 1. The Kier molecular flexibility index (Phi) is 5.50. The van der Waals surface area contributed by atoms with Gasteiger partial charge < -0.3 is 5.32 Å². The maximum Gasteiger partial charge on any atom is 0.0252 e. The summed E-state index contributed by atoms with van der Waals surface area (Å²) in [4.78, 5) is 2.83. The molecule has 18 heavy (non-hydrogen) atoms. The molecule has 2 heteroatoms. The first-order chi connectivity index (χ1) is 8.74. The zero-order valence-electron chi connectivity index (χ0n) is 12.6. The van der Waals surface area contributed by atoms with E-state index in [1.807, 2.05) is 0 Å². The van der Waals surface area contributed by atoms with Crippen molar-refractivity contribution in [3.05, 3.63) is 0 Å². The molecule has 2 aliphatic rings. The first-order valence-electron chi connectivity index (χ1n) is 8.23. The Morgan fingerprint density at radius 2 is 1.83 bits per heavy atom. The summed E-state index contributed by atoms with van der Waals surface area (Å²) in [5.74, 6) is 0.882. The van der Waals surface area contributed by atoms with E-state index in [0.717, 1.165) is 24.0 Å². The Morgan fingerprint density at radius 3 is 2.61 bits per heavy atom. The van der Waals surface area contributed by atoms with E-state index in [0.29, 0.717) is 0 Å². The summed E-state index contributed by atoms with van der Waals surface area (Å²) in [7, 11) is 0. The predicted octanol–water partition coefficient (Wildman–Crippen LogP) is 3.42. The van der Waals surface area contributed by atoms with Crippen molar-refractivity contribution >= 4 is 0 Å². The molecular weight excluding hydrogens is 220 g/mol. The van der Waals surface area contributed by atoms with Crippen LogP contribution < -0.4 is 5.32 Å². The second-order valence-corrected chi connectivity index (χ2v) is 6.51. The van der Waals surface area contributed by atoms with Crippen LogP contribution in [0.4, 0.5) is 0 Å². The van der Waals surface area contributed by atoms with Crippen molar-refractivity contribution in [2.75, 3.05) is 13.1 Å². The molecule has 0 amide bonds. The zero-order valence-corrected chi connectivity index (χ0v) is 12.6. The van der Waals surface area contributed by atoms with Crippen molar-refractivity contribution < 1.29 is 0 Å². The standard InChI is InChI=1S/C16H32N2/c1-4-11-17-15-9-5-6-10-16(15)18-12-7-8-13(2)14(18)3/h13-17H,4-12H2,1-3H3. The fourth-order valence-corrected chi connectivity index (χ4v) is 3.91. The number of hydrogen-bond donors (Lipinski definition) is 1. The minimum absolute atomic E-state index is 0.756. The Balaban J connectivity index is 1.98. The SMILES string of the molecule is CCCNC1CCCCC1N1CCCC(C)C1C. The van der Waals surface area contributed by atoms with Crippen LogP contribution in [0.2, 0.25) is 0 Å². The summed E-state index contributed by atoms with van der Waals surface area (Å²) in [6.07, 6.45) is 9.76. The smallest absolute Gasteiger partial charge is 0.0252 e. The van der Waals surface area contributed by atoms with Crippen LogP contribution in [0.3, 0.4) is 0 Å². The van der Waals surface area contributed by atoms with E-state index in [1.165, 1.54) is 58.0 Å². The summed E-state index contributed by atoms with van der Waals surface area (Å²) >= 11 is 0. The lowest BCUT2D eigenvalue weighted by Gasteiger charge is -2.47. The maximum atomic E-state index is 3.81. The molecule has 1 saturated carbocycles. The van der Waals surface area contributed by atoms with Gasteiger partial charge in [-0.05, 0) is 58.0 Å². The molecule has 1 heterocycles. The van der Waals surface area contributed by atoms with Gasteiger partial charge in [0.15, 0.2) is 0 Å². The largest absolute Gasteiger partial charge is 0.312 e. The maximum absolute atomic E-state index is 3.81. The van der Waals surface area contributed by atoms with E-state index in [9.17, 15) is 0 Å². The highest BCUT2D eigenvalue weighted by Gasteiger charge is 2.35. The molecule has 1 aliphatic heterocycles. The van der Waals surface area contributed by atoms with Gasteiger partial charge in [0.05, 0.1) is 0 Å². The third-order valence-electron chi connectivity index (χ3n) is 5.23. The van der Waals surface area contributed by atoms with Crippen LogP contribution in [0.5, 0.6) is 0 Å². The zero-order chi connectivity index (χ0) is 13.0. The van der Waals surface area contributed by atoms with E-state index < -0.39 is 0 Å². The summed E-state index contributed by atoms with van der Waals surface area (Å²) < 4.78 is 0. The van der Waals surface area contributed by atoms with Gasteiger partial charge in [0.25, 0.3) is 0 Å². The molecule has 1 saturated heterocycles. The van der Waals surface area contributed by atoms with Crippen LogP contribution in [-0.4, -0.2) is 36.1 Å². The number of piperidine rings is 1. The van der Waals surface area contributed by atoms with Crippen molar-refractivity contribution in [1.29, 1.82) is 0 Å². The van der Waals surface area contributed by atoms with E-state index in [2.05, 4.69) is 31.0 Å². The van der Waals surface area contributed by atoms with Crippen LogP contribution in [0.1, 0.15) is 65.7 Å². The number of nitrogens with one attached hydrogen (secondary N) is 1. The fraction of sp³-hybridized carbons (Fsp3) is 1.00. The fourth-order valence-electron chi connectivity index (χ4n) is 3.91. The second kappa shape index (κ2) is 6.91. The van der Waals surface area contributed by atoms with Crippen molar-refractivity contribution in [3.8, 4) is 0 Å². The van der Waals surface area contributed by atoms with Crippen molar-refractivity contribution in [1.82, 2.24) is 10.2 Å². The summed E-state index contributed by atoms with van der Waals surface area (Å²) in [5, 5.41) is 3.81. The second-order valence-electron chi connectivity index (χ2n) is 6.51. The number of nitrogens with zero attached hydrogens (tertiary/aromatic N) is 1. The Morgan fingerprint density at radius 1 is 1.06 bits per heavy atom. The lowest BCUT2D eigenvalue weighted by Crippen LogP contribution is -2.57. The third-order valence-corrected chi connectivity index (χ3v) is 5.23. The molecule has 4 unspecified atom stereocenters. The molecule has 1 aliphatic carbocycles. The van der Waals surface area contributed by atoms with Gasteiger partial charge in [-0.1, -0.05) is 26.7 Å². The molecule has 1 N–H and O–H groups in total. The van der Waals surface area contributed by atoms with Gasteiger partial charge in [0, 0.05) is 18.1 Å². The lowest BCUT2D eigenvalue weighted by atomic mass is 9.84. The van der Waals surface area contributed by atoms with Gasteiger partial charge in [-0.3, -0.25) is 4.90 Å². The highest BCUT2D eigenvalue weighted by atomic mass is 15.2. The Hall–Kier alpha value is -0.0800. The summed E-state index contributed by atoms with van der Waals surface area (Å²) in [6, 6.07) is 2.35. The minimum atomic E-state index is 0.756. The highest BCUT2D eigenvalue weighted by molar-refractivity contribution is 4.92. The minimum Gasteiger partial charge on any atom is -0.312 e. The number of rotatable bonds is 4. The van der Waals surface area contributed by atoms with Crippen LogP contribution in [0.15, 0.2) is 0 Å². The molecule has 4 atom stereocenters. The molecule has 0 radical (unpaired) electrons. The molecule has 106 valence electrons. The molecule has 0 aromatic carbocycles. The van der Waals surface area contributed by atoms with Gasteiger partial charge in [0.2, 0.25) is 0 Å². The highest BCUT2D eigenvalue weighted by Crippen LogP contribution is 2.31. The van der Waals surface area contributed by atoms with Gasteiger partial charge in [-0.25, -0.2) is 0 Å². The van der Waals surface area contributed by atoms with Gasteiger partial charge >= 0.3 is 0 Å². The molecule has 0 bridgehead atoms. The lowest BCUT2D eigenvalue weighted by molar-refractivity contribution is 0.0332. The molecule has 0 aromatic rings. The molecule has 0 aromatic heterocycles. The van der Waals surface area contributed by atoms with Crippen LogP contribution in [-0.2, 0) is 0 Å². The van der Waals surface area contributed by atoms with E-state index in [4.69, 9.17) is 0 Å². The molecular formula is C16H32N2. The van der Waals surface area contributed by atoms with E-state index >= 15 is 0 Å². The Labute approximate surface area is 114 Å². The Bertz CT molecular complexity index is 241. The quantitative estimate of drug-likeness (QED) is 0.825. The topological polar surface area (TPSA) is 15.3 Å². The van der Waals surface area contributed by atoms with Gasteiger partial charge in [0.1, 0.15) is 0 Å². The normalized spacial score (nSPS) is 38.8. The average molecular weight is 252 g/mol. The average Bonchev–Trinajstić information content (AvgIpc) is 2.40. The monoisotopic (exact) mass is 252 g/mol. The van der Waals surface area contributed by atoms with E-state index in [1.54, 1.807) is 0 Å². The first-order valence-corrected chi connectivity index (χ1v) is 8.23. The molecule has 2 fully saturated rings. The predicted molar refractivity (Wildman–Crippen MR) is 78.9 cm³/mol. The van der Waals surface area contributed by atoms with Crippen LogP contribution in [0, 0.1) is 5.92 Å². The molecule has 0 spiro atoms. The van der Waals surface area contributed by atoms with Gasteiger partial charge in [-0.2, -0.15) is 0 Å². The first kappa shape index (κ1) is 14.3. The van der Waals surface area contributed by atoms with Crippen LogP contribution >= 0.6 is 0 Å². The molecule has 2 nitrogen and oxygen atoms in total. The van der Waals surface area contributed by atoms with Crippen molar-refractivity contribution in [2.24, 2.45) is 5.92 Å². The van der Waals surface area contributed by atoms with E-state index in [-0.39, 0.29) is 0 Å². The van der Waals surface area contributed by atoms with Crippen molar-refractivity contribution in [3.63, 3.8) is 0 Å². The summed E-state index contributed by atoms with van der Waals surface area (Å²) in [6.45, 7) is 9.69. The summed E-state index contributed by atoms with van der Waals surface area (Å²) in [5.41, 5.74) is 0. The van der Waals surface area contributed by atoms with Gasteiger partial charge in [-0.15, -0.1) is 0 Å².